The van der Waals surface area contributed by atoms with E-state index in [0.717, 1.165) is 37.1 Å². The third kappa shape index (κ3) is 3.34. The van der Waals surface area contributed by atoms with Crippen LogP contribution in [0.25, 0.3) is 0 Å². The van der Waals surface area contributed by atoms with E-state index in [-0.39, 0.29) is 17.4 Å². The summed E-state index contributed by atoms with van der Waals surface area (Å²) in [6, 6.07) is 18.1. The first kappa shape index (κ1) is 17.1. The van der Waals surface area contributed by atoms with Crippen LogP contribution in [0, 0.1) is 0 Å². The molecular formula is C22H25NO3. The molecule has 136 valence electrons. The molecule has 1 atom stereocenters. The van der Waals surface area contributed by atoms with E-state index >= 15 is 0 Å². The van der Waals surface area contributed by atoms with Gasteiger partial charge in [0.25, 0.3) is 0 Å². The SMILES string of the molecule is COc1ccc(C2(C(=O)N3CCC(OCc4ccccc4)C3)CC2)cc1. The Morgan fingerprint density at radius 1 is 1.12 bits per heavy atom. The number of methoxy groups -OCH3 is 1. The number of amides is 1. The molecule has 0 bridgehead atoms. The smallest absolute Gasteiger partial charge is 0.233 e. The number of benzene rings is 2. The van der Waals surface area contributed by atoms with Gasteiger partial charge in [-0.25, -0.2) is 0 Å². The van der Waals surface area contributed by atoms with Crippen LogP contribution < -0.4 is 4.74 Å². The second-order valence-corrected chi connectivity index (χ2v) is 7.27. The van der Waals surface area contributed by atoms with Gasteiger partial charge in [-0.15, -0.1) is 0 Å². The van der Waals surface area contributed by atoms with Crippen molar-refractivity contribution in [3.05, 3.63) is 65.7 Å². The highest BCUT2D eigenvalue weighted by Gasteiger charge is 2.53. The number of nitrogens with zero attached hydrogens (tertiary/aromatic N) is 1. The molecule has 1 unspecified atom stereocenters. The number of carbonyl (C=O) groups is 1. The Kier molecular flexibility index (Phi) is 4.68. The van der Waals surface area contributed by atoms with Gasteiger partial charge in [-0.05, 0) is 42.5 Å². The van der Waals surface area contributed by atoms with Crippen LogP contribution in [0.4, 0.5) is 0 Å². The molecule has 1 amide bonds. The van der Waals surface area contributed by atoms with E-state index < -0.39 is 0 Å². The molecule has 0 radical (unpaired) electrons. The minimum atomic E-state index is -0.319. The van der Waals surface area contributed by atoms with E-state index in [4.69, 9.17) is 9.47 Å². The van der Waals surface area contributed by atoms with E-state index in [9.17, 15) is 4.79 Å². The lowest BCUT2D eigenvalue weighted by atomic mass is 9.94. The summed E-state index contributed by atoms with van der Waals surface area (Å²) in [5.74, 6) is 1.08. The van der Waals surface area contributed by atoms with Crippen molar-refractivity contribution in [1.82, 2.24) is 4.90 Å². The predicted molar refractivity (Wildman–Crippen MR) is 100 cm³/mol. The van der Waals surface area contributed by atoms with Crippen molar-refractivity contribution in [2.24, 2.45) is 0 Å². The Morgan fingerprint density at radius 2 is 1.85 bits per heavy atom. The molecule has 1 aliphatic carbocycles. The monoisotopic (exact) mass is 351 g/mol. The Labute approximate surface area is 154 Å². The average molecular weight is 351 g/mol. The third-order valence-electron chi connectivity index (χ3n) is 5.56. The van der Waals surface area contributed by atoms with Crippen molar-refractivity contribution in [3.8, 4) is 5.75 Å². The lowest BCUT2D eigenvalue weighted by molar-refractivity contribution is -0.133. The zero-order chi connectivity index (χ0) is 18.0. The van der Waals surface area contributed by atoms with Crippen LogP contribution in [0.2, 0.25) is 0 Å². The topological polar surface area (TPSA) is 38.8 Å². The van der Waals surface area contributed by atoms with Gasteiger partial charge in [0.1, 0.15) is 5.75 Å². The van der Waals surface area contributed by atoms with Gasteiger partial charge in [-0.1, -0.05) is 42.5 Å². The van der Waals surface area contributed by atoms with Gasteiger partial charge in [-0.2, -0.15) is 0 Å². The molecule has 2 aromatic carbocycles. The van der Waals surface area contributed by atoms with Crippen molar-refractivity contribution >= 4 is 5.91 Å². The number of carbonyl (C=O) groups excluding carboxylic acids is 1. The largest absolute Gasteiger partial charge is 0.497 e. The second-order valence-electron chi connectivity index (χ2n) is 7.27. The Balaban J connectivity index is 1.36. The van der Waals surface area contributed by atoms with Gasteiger partial charge in [0.05, 0.1) is 25.2 Å². The summed E-state index contributed by atoms with van der Waals surface area (Å²) in [5, 5.41) is 0. The molecule has 26 heavy (non-hydrogen) atoms. The van der Waals surface area contributed by atoms with E-state index in [1.165, 1.54) is 5.56 Å². The summed E-state index contributed by atoms with van der Waals surface area (Å²) in [6.45, 7) is 2.09. The van der Waals surface area contributed by atoms with Crippen LogP contribution in [0.3, 0.4) is 0 Å². The summed E-state index contributed by atoms with van der Waals surface area (Å²) in [4.78, 5) is 15.1. The molecular weight excluding hydrogens is 326 g/mol. The third-order valence-corrected chi connectivity index (χ3v) is 5.56. The molecule has 1 saturated carbocycles. The zero-order valence-electron chi connectivity index (χ0n) is 15.2. The Hall–Kier alpha value is -2.33. The molecule has 4 nitrogen and oxygen atoms in total. The fourth-order valence-electron chi connectivity index (χ4n) is 3.80. The first-order valence-electron chi connectivity index (χ1n) is 9.31. The summed E-state index contributed by atoms with van der Waals surface area (Å²) >= 11 is 0. The minimum absolute atomic E-state index is 0.130. The van der Waals surface area contributed by atoms with Crippen molar-refractivity contribution in [2.45, 2.75) is 37.4 Å². The molecule has 2 aliphatic rings. The maximum absolute atomic E-state index is 13.1. The molecule has 4 rings (SSSR count). The molecule has 1 heterocycles. The van der Waals surface area contributed by atoms with E-state index in [1.54, 1.807) is 7.11 Å². The maximum atomic E-state index is 13.1. The molecule has 2 aromatic rings. The van der Waals surface area contributed by atoms with Crippen molar-refractivity contribution in [3.63, 3.8) is 0 Å². The van der Waals surface area contributed by atoms with Gasteiger partial charge in [0.15, 0.2) is 0 Å². The number of hydrogen-bond donors (Lipinski definition) is 0. The van der Waals surface area contributed by atoms with Gasteiger partial charge >= 0.3 is 0 Å². The zero-order valence-corrected chi connectivity index (χ0v) is 15.2. The maximum Gasteiger partial charge on any atom is 0.233 e. The van der Waals surface area contributed by atoms with Crippen LogP contribution in [0.1, 0.15) is 30.4 Å². The number of likely N-dealkylation sites (tertiary alicyclic amines) is 1. The Morgan fingerprint density at radius 3 is 2.50 bits per heavy atom. The van der Waals surface area contributed by atoms with Crippen molar-refractivity contribution in [1.29, 1.82) is 0 Å². The molecule has 4 heteroatoms. The fraction of sp³-hybridized carbons (Fsp3) is 0.409. The molecule has 1 saturated heterocycles. The predicted octanol–water partition coefficient (Wildman–Crippen LogP) is 3.54. The number of rotatable bonds is 6. The lowest BCUT2D eigenvalue weighted by Gasteiger charge is -2.24. The quantitative estimate of drug-likeness (QED) is 0.799. The molecule has 0 N–H and O–H groups in total. The lowest BCUT2D eigenvalue weighted by Crippen LogP contribution is -2.38. The van der Waals surface area contributed by atoms with Gasteiger partial charge in [-0.3, -0.25) is 4.79 Å². The second kappa shape index (κ2) is 7.12. The number of ether oxygens (including phenoxy) is 2. The highest BCUT2D eigenvalue weighted by Crippen LogP contribution is 2.50. The van der Waals surface area contributed by atoms with E-state index in [0.29, 0.717) is 13.2 Å². The van der Waals surface area contributed by atoms with Crippen LogP contribution in [-0.2, 0) is 21.6 Å². The molecule has 1 aliphatic heterocycles. The minimum Gasteiger partial charge on any atom is -0.497 e. The van der Waals surface area contributed by atoms with Crippen molar-refractivity contribution in [2.75, 3.05) is 20.2 Å². The molecule has 0 spiro atoms. The summed E-state index contributed by atoms with van der Waals surface area (Å²) in [5.41, 5.74) is 1.96. The first-order valence-corrected chi connectivity index (χ1v) is 9.31. The summed E-state index contributed by atoms with van der Waals surface area (Å²) in [7, 11) is 1.66. The normalized spacial score (nSPS) is 20.8. The van der Waals surface area contributed by atoms with E-state index in [2.05, 4.69) is 12.1 Å². The van der Waals surface area contributed by atoms with Crippen molar-refractivity contribution < 1.29 is 14.3 Å². The summed E-state index contributed by atoms with van der Waals surface area (Å²) in [6.07, 6.45) is 2.91. The molecule has 0 aromatic heterocycles. The van der Waals surface area contributed by atoms with Gasteiger partial charge in [0, 0.05) is 13.1 Å². The van der Waals surface area contributed by atoms with Crippen LogP contribution in [0.15, 0.2) is 54.6 Å². The fourth-order valence-corrected chi connectivity index (χ4v) is 3.80. The summed E-state index contributed by atoms with van der Waals surface area (Å²) < 4.78 is 11.3. The Bertz CT molecular complexity index is 753. The van der Waals surface area contributed by atoms with Gasteiger partial charge < -0.3 is 14.4 Å². The number of hydrogen-bond acceptors (Lipinski definition) is 3. The molecule has 2 fully saturated rings. The standard InChI is InChI=1S/C22H25NO3/c1-25-19-9-7-18(8-10-19)22(12-13-22)21(24)23-14-11-20(15-23)26-16-17-5-3-2-4-6-17/h2-10,20H,11-16H2,1H3. The van der Waals surface area contributed by atoms with Crippen LogP contribution >= 0.6 is 0 Å². The van der Waals surface area contributed by atoms with E-state index in [1.807, 2.05) is 47.4 Å². The average Bonchev–Trinajstić information content (AvgIpc) is 3.38. The van der Waals surface area contributed by atoms with Gasteiger partial charge in [0.2, 0.25) is 5.91 Å². The van der Waals surface area contributed by atoms with Crippen LogP contribution in [-0.4, -0.2) is 37.1 Å². The highest BCUT2D eigenvalue weighted by molar-refractivity contribution is 5.91. The first-order chi connectivity index (χ1) is 12.7. The highest BCUT2D eigenvalue weighted by atomic mass is 16.5. The van der Waals surface area contributed by atoms with Crippen LogP contribution in [0.5, 0.6) is 5.75 Å².